The second-order valence-electron chi connectivity index (χ2n) is 5.12. The Bertz CT molecular complexity index is 561. The van der Waals surface area contributed by atoms with Crippen molar-refractivity contribution < 1.29 is 0 Å². The van der Waals surface area contributed by atoms with Gasteiger partial charge in [0.2, 0.25) is 0 Å². The number of likely N-dealkylation sites (tertiary alicyclic amines) is 1. The van der Waals surface area contributed by atoms with E-state index in [2.05, 4.69) is 42.2 Å². The standard InChI is InChI=1S/C15H20N4/c1-3-19-15(9-10-16-19)13-7-4-6-12(17-13)14-8-5-11-18(14)2/h4,6-7,9-10,14H,3,5,8,11H2,1-2H3/t14-/m1/s1. The van der Waals surface area contributed by atoms with Crippen molar-refractivity contribution in [3.05, 3.63) is 36.2 Å². The van der Waals surface area contributed by atoms with E-state index in [-0.39, 0.29) is 0 Å². The summed E-state index contributed by atoms with van der Waals surface area (Å²) in [5, 5.41) is 4.32. The fourth-order valence-corrected chi connectivity index (χ4v) is 2.87. The molecule has 1 aliphatic rings. The molecule has 4 heteroatoms. The molecule has 0 spiro atoms. The van der Waals surface area contributed by atoms with Crippen LogP contribution in [0.1, 0.15) is 31.5 Å². The monoisotopic (exact) mass is 256 g/mol. The Morgan fingerprint density at radius 2 is 2.21 bits per heavy atom. The Hall–Kier alpha value is -1.68. The first-order chi connectivity index (χ1) is 9.29. The number of aryl methyl sites for hydroxylation is 1. The highest BCUT2D eigenvalue weighted by Crippen LogP contribution is 2.30. The normalized spacial score (nSPS) is 20.0. The third kappa shape index (κ3) is 2.28. The Labute approximate surface area is 114 Å². The summed E-state index contributed by atoms with van der Waals surface area (Å²) in [7, 11) is 2.18. The topological polar surface area (TPSA) is 34.0 Å². The van der Waals surface area contributed by atoms with Gasteiger partial charge in [0.05, 0.1) is 23.1 Å². The highest BCUT2D eigenvalue weighted by atomic mass is 15.3. The summed E-state index contributed by atoms with van der Waals surface area (Å²) in [6, 6.07) is 8.83. The molecule has 1 fully saturated rings. The van der Waals surface area contributed by atoms with Gasteiger partial charge in [0.25, 0.3) is 0 Å². The van der Waals surface area contributed by atoms with E-state index in [9.17, 15) is 0 Å². The summed E-state index contributed by atoms with van der Waals surface area (Å²) >= 11 is 0. The predicted molar refractivity (Wildman–Crippen MR) is 75.7 cm³/mol. The minimum atomic E-state index is 0.470. The van der Waals surface area contributed by atoms with Crippen LogP contribution in [0.15, 0.2) is 30.5 Å². The number of aromatic nitrogens is 3. The molecule has 0 N–H and O–H groups in total. The number of pyridine rings is 1. The maximum Gasteiger partial charge on any atom is 0.0887 e. The molecule has 4 nitrogen and oxygen atoms in total. The Kier molecular flexibility index (Phi) is 3.34. The van der Waals surface area contributed by atoms with Crippen LogP contribution in [0.25, 0.3) is 11.4 Å². The molecule has 0 saturated carbocycles. The van der Waals surface area contributed by atoms with Crippen LogP contribution >= 0.6 is 0 Å². The first-order valence-corrected chi connectivity index (χ1v) is 6.99. The van der Waals surface area contributed by atoms with Gasteiger partial charge in [-0.1, -0.05) is 6.07 Å². The van der Waals surface area contributed by atoms with Gasteiger partial charge in [-0.25, -0.2) is 4.98 Å². The van der Waals surface area contributed by atoms with Crippen molar-refractivity contribution >= 4 is 0 Å². The number of hydrogen-bond acceptors (Lipinski definition) is 3. The van der Waals surface area contributed by atoms with Gasteiger partial charge in [0.15, 0.2) is 0 Å². The average molecular weight is 256 g/mol. The molecule has 3 heterocycles. The van der Waals surface area contributed by atoms with Gasteiger partial charge in [-0.2, -0.15) is 5.10 Å². The molecule has 2 aromatic heterocycles. The molecule has 0 unspecified atom stereocenters. The van der Waals surface area contributed by atoms with Crippen molar-refractivity contribution in [1.82, 2.24) is 19.7 Å². The summed E-state index contributed by atoms with van der Waals surface area (Å²) < 4.78 is 1.99. The van der Waals surface area contributed by atoms with E-state index in [0.29, 0.717) is 6.04 Å². The van der Waals surface area contributed by atoms with Crippen LogP contribution in [0, 0.1) is 0 Å². The largest absolute Gasteiger partial charge is 0.298 e. The van der Waals surface area contributed by atoms with Crippen LogP contribution in [-0.4, -0.2) is 33.3 Å². The molecule has 100 valence electrons. The van der Waals surface area contributed by atoms with Gasteiger partial charge < -0.3 is 0 Å². The van der Waals surface area contributed by atoms with E-state index < -0.39 is 0 Å². The Morgan fingerprint density at radius 1 is 1.32 bits per heavy atom. The molecule has 0 radical (unpaired) electrons. The summed E-state index contributed by atoms with van der Waals surface area (Å²) in [4.78, 5) is 7.25. The quantitative estimate of drug-likeness (QED) is 0.846. The zero-order valence-electron chi connectivity index (χ0n) is 11.6. The summed E-state index contributed by atoms with van der Waals surface area (Å²) in [6.45, 7) is 4.14. The van der Waals surface area contributed by atoms with E-state index in [0.717, 1.165) is 17.9 Å². The third-order valence-electron chi connectivity index (χ3n) is 3.91. The first kappa shape index (κ1) is 12.4. The lowest BCUT2D eigenvalue weighted by molar-refractivity contribution is 0.312. The zero-order chi connectivity index (χ0) is 13.2. The fraction of sp³-hybridized carbons (Fsp3) is 0.467. The molecular weight excluding hydrogens is 236 g/mol. The molecule has 2 aromatic rings. The predicted octanol–water partition coefficient (Wildman–Crippen LogP) is 2.73. The van der Waals surface area contributed by atoms with Crippen LogP contribution in [0.4, 0.5) is 0 Å². The van der Waals surface area contributed by atoms with Crippen molar-refractivity contribution in [1.29, 1.82) is 0 Å². The smallest absolute Gasteiger partial charge is 0.0887 e. The van der Waals surface area contributed by atoms with E-state index in [1.807, 2.05) is 16.9 Å². The third-order valence-corrected chi connectivity index (χ3v) is 3.91. The van der Waals surface area contributed by atoms with Gasteiger partial charge in [0, 0.05) is 12.7 Å². The van der Waals surface area contributed by atoms with Crippen LogP contribution in [0.3, 0.4) is 0 Å². The van der Waals surface area contributed by atoms with E-state index in [1.165, 1.54) is 25.1 Å². The minimum absolute atomic E-state index is 0.470. The van der Waals surface area contributed by atoms with E-state index in [1.54, 1.807) is 0 Å². The van der Waals surface area contributed by atoms with E-state index >= 15 is 0 Å². The molecule has 0 aromatic carbocycles. The van der Waals surface area contributed by atoms with E-state index in [4.69, 9.17) is 4.98 Å². The molecule has 19 heavy (non-hydrogen) atoms. The number of rotatable bonds is 3. The second-order valence-corrected chi connectivity index (χ2v) is 5.12. The Balaban J connectivity index is 1.96. The van der Waals surface area contributed by atoms with Crippen LogP contribution < -0.4 is 0 Å². The van der Waals surface area contributed by atoms with Crippen LogP contribution in [-0.2, 0) is 6.54 Å². The molecule has 1 atom stereocenters. The lowest BCUT2D eigenvalue weighted by atomic mass is 10.1. The molecule has 1 saturated heterocycles. The molecule has 0 aliphatic carbocycles. The van der Waals surface area contributed by atoms with Crippen molar-refractivity contribution in [2.75, 3.05) is 13.6 Å². The van der Waals surface area contributed by atoms with Crippen molar-refractivity contribution in [2.24, 2.45) is 0 Å². The number of nitrogens with zero attached hydrogens (tertiary/aromatic N) is 4. The lowest BCUT2D eigenvalue weighted by Crippen LogP contribution is -2.18. The van der Waals surface area contributed by atoms with Gasteiger partial charge in [-0.3, -0.25) is 9.58 Å². The summed E-state index contributed by atoms with van der Waals surface area (Å²) in [5.74, 6) is 0. The lowest BCUT2D eigenvalue weighted by Gasteiger charge is -2.19. The fourth-order valence-electron chi connectivity index (χ4n) is 2.87. The number of hydrogen-bond donors (Lipinski definition) is 0. The maximum absolute atomic E-state index is 4.85. The zero-order valence-corrected chi connectivity index (χ0v) is 11.6. The van der Waals surface area contributed by atoms with Gasteiger partial charge in [-0.15, -0.1) is 0 Å². The summed E-state index contributed by atoms with van der Waals surface area (Å²) in [6.07, 6.45) is 4.31. The second kappa shape index (κ2) is 5.13. The SMILES string of the molecule is CCn1nccc1-c1cccc([C@H]2CCCN2C)n1. The van der Waals surface area contributed by atoms with Gasteiger partial charge in [-0.05, 0) is 51.6 Å². The van der Waals surface area contributed by atoms with Gasteiger partial charge in [0.1, 0.15) is 0 Å². The van der Waals surface area contributed by atoms with Crippen molar-refractivity contribution in [3.8, 4) is 11.4 Å². The maximum atomic E-state index is 4.85. The average Bonchev–Trinajstić information content (AvgIpc) is 3.07. The van der Waals surface area contributed by atoms with Crippen LogP contribution in [0.5, 0.6) is 0 Å². The van der Waals surface area contributed by atoms with Crippen molar-refractivity contribution in [3.63, 3.8) is 0 Å². The van der Waals surface area contributed by atoms with Crippen molar-refractivity contribution in [2.45, 2.75) is 32.4 Å². The minimum Gasteiger partial charge on any atom is -0.298 e. The van der Waals surface area contributed by atoms with Crippen LogP contribution in [0.2, 0.25) is 0 Å². The highest BCUT2D eigenvalue weighted by Gasteiger charge is 2.24. The molecule has 3 rings (SSSR count). The highest BCUT2D eigenvalue weighted by molar-refractivity contribution is 5.54. The molecular formula is C15H20N4. The molecule has 0 amide bonds. The molecule has 1 aliphatic heterocycles. The summed E-state index contributed by atoms with van der Waals surface area (Å²) in [5.41, 5.74) is 3.31. The van der Waals surface area contributed by atoms with Gasteiger partial charge >= 0.3 is 0 Å². The first-order valence-electron chi connectivity index (χ1n) is 6.99. The molecule has 0 bridgehead atoms. The Morgan fingerprint density at radius 3 is 2.95 bits per heavy atom.